The van der Waals surface area contributed by atoms with Crippen molar-refractivity contribution in [3.05, 3.63) is 107 Å². The van der Waals surface area contributed by atoms with Crippen LogP contribution in [0.15, 0.2) is 72.9 Å². The van der Waals surface area contributed by atoms with Gasteiger partial charge < -0.3 is 20.1 Å². The topological polar surface area (TPSA) is 62.2 Å². The SMILES string of the molecule is CCC(=O)Nc1ccc(N2C(=S)N[C@@H](c3ccccn3)[C@H]2c2cc(C)n(-c3cccc(C)c3)c2C)cc1C. The number of aromatic nitrogens is 2. The Morgan fingerprint density at radius 2 is 1.82 bits per heavy atom. The van der Waals surface area contributed by atoms with Gasteiger partial charge in [-0.3, -0.25) is 9.78 Å². The molecule has 4 aromatic rings. The summed E-state index contributed by atoms with van der Waals surface area (Å²) in [6.45, 7) is 10.3. The van der Waals surface area contributed by atoms with E-state index in [1.807, 2.05) is 50.4 Å². The van der Waals surface area contributed by atoms with Crippen molar-refractivity contribution in [2.75, 3.05) is 10.2 Å². The Balaban J connectivity index is 1.64. The van der Waals surface area contributed by atoms with Crippen LogP contribution in [0, 0.1) is 27.7 Å². The normalized spacial score (nSPS) is 17.0. The van der Waals surface area contributed by atoms with Crippen LogP contribution in [-0.4, -0.2) is 20.6 Å². The van der Waals surface area contributed by atoms with E-state index in [2.05, 4.69) is 77.3 Å². The molecule has 38 heavy (non-hydrogen) atoms. The molecule has 6 nitrogen and oxygen atoms in total. The van der Waals surface area contributed by atoms with E-state index < -0.39 is 0 Å². The summed E-state index contributed by atoms with van der Waals surface area (Å²) in [4.78, 5) is 18.9. The number of benzene rings is 2. The second kappa shape index (κ2) is 10.4. The van der Waals surface area contributed by atoms with E-state index in [0.717, 1.165) is 34.0 Å². The first-order chi connectivity index (χ1) is 18.3. The molecule has 1 saturated heterocycles. The van der Waals surface area contributed by atoms with Gasteiger partial charge in [0.1, 0.15) is 0 Å². The van der Waals surface area contributed by atoms with Gasteiger partial charge in [0.2, 0.25) is 5.91 Å². The number of carbonyl (C=O) groups excluding carboxylic acids is 1. The zero-order chi connectivity index (χ0) is 27.0. The van der Waals surface area contributed by atoms with Crippen LogP contribution < -0.4 is 15.5 Å². The highest BCUT2D eigenvalue weighted by Gasteiger charge is 2.42. The van der Waals surface area contributed by atoms with Gasteiger partial charge in [-0.2, -0.15) is 0 Å². The number of rotatable bonds is 6. The molecule has 0 spiro atoms. The van der Waals surface area contributed by atoms with E-state index in [-0.39, 0.29) is 18.0 Å². The minimum absolute atomic E-state index is 0.00380. The molecule has 1 aliphatic rings. The Labute approximate surface area is 229 Å². The van der Waals surface area contributed by atoms with E-state index in [9.17, 15) is 4.79 Å². The summed E-state index contributed by atoms with van der Waals surface area (Å²) >= 11 is 5.95. The van der Waals surface area contributed by atoms with Crippen LogP contribution >= 0.6 is 12.2 Å². The third-order valence-electron chi connectivity index (χ3n) is 7.23. The summed E-state index contributed by atoms with van der Waals surface area (Å²) in [6, 6.07) is 22.7. The zero-order valence-electron chi connectivity index (χ0n) is 22.4. The van der Waals surface area contributed by atoms with Gasteiger partial charge in [0.15, 0.2) is 5.11 Å². The highest BCUT2D eigenvalue weighted by atomic mass is 32.1. The van der Waals surface area contributed by atoms with Crippen LogP contribution in [0.25, 0.3) is 5.69 Å². The number of thiocarbonyl (C=S) groups is 1. The minimum Gasteiger partial charge on any atom is -0.351 e. The second-order valence-corrected chi connectivity index (χ2v) is 10.3. The van der Waals surface area contributed by atoms with Gasteiger partial charge in [-0.25, -0.2) is 0 Å². The fourth-order valence-corrected chi connectivity index (χ4v) is 5.72. The fourth-order valence-electron chi connectivity index (χ4n) is 5.38. The highest BCUT2D eigenvalue weighted by molar-refractivity contribution is 7.80. The maximum absolute atomic E-state index is 12.0. The number of hydrogen-bond acceptors (Lipinski definition) is 3. The van der Waals surface area contributed by atoms with Crippen molar-refractivity contribution >= 4 is 34.6 Å². The molecule has 1 aliphatic heterocycles. The summed E-state index contributed by atoms with van der Waals surface area (Å²) in [5, 5.41) is 7.20. The molecule has 194 valence electrons. The number of carbonyl (C=O) groups is 1. The Hall–Kier alpha value is -3.97. The lowest BCUT2D eigenvalue weighted by Crippen LogP contribution is -2.29. The smallest absolute Gasteiger partial charge is 0.224 e. The van der Waals surface area contributed by atoms with Crippen molar-refractivity contribution in [2.24, 2.45) is 0 Å². The molecular weight excluding hydrogens is 490 g/mol. The molecule has 7 heteroatoms. The van der Waals surface area contributed by atoms with Crippen molar-refractivity contribution in [3.8, 4) is 5.69 Å². The first-order valence-electron chi connectivity index (χ1n) is 13.0. The first kappa shape index (κ1) is 25.7. The van der Waals surface area contributed by atoms with Crippen molar-refractivity contribution in [2.45, 2.75) is 53.1 Å². The maximum atomic E-state index is 12.0. The van der Waals surface area contributed by atoms with E-state index in [1.165, 1.54) is 16.8 Å². The monoisotopic (exact) mass is 523 g/mol. The van der Waals surface area contributed by atoms with E-state index in [1.54, 1.807) is 0 Å². The Morgan fingerprint density at radius 3 is 2.50 bits per heavy atom. The number of aryl methyl sites for hydroxylation is 3. The molecule has 0 radical (unpaired) electrons. The molecule has 1 fully saturated rings. The molecule has 2 aromatic heterocycles. The zero-order valence-corrected chi connectivity index (χ0v) is 23.3. The molecule has 1 amide bonds. The fraction of sp³-hybridized carbons (Fsp3) is 0.258. The van der Waals surface area contributed by atoms with Gasteiger partial charge in [0.05, 0.1) is 17.8 Å². The van der Waals surface area contributed by atoms with Gasteiger partial charge in [0, 0.05) is 41.1 Å². The van der Waals surface area contributed by atoms with Gasteiger partial charge >= 0.3 is 0 Å². The number of nitrogens with zero attached hydrogens (tertiary/aromatic N) is 3. The van der Waals surface area contributed by atoms with Crippen LogP contribution in [0.4, 0.5) is 11.4 Å². The van der Waals surface area contributed by atoms with Crippen LogP contribution in [-0.2, 0) is 4.79 Å². The predicted molar refractivity (Wildman–Crippen MR) is 158 cm³/mol. The average Bonchev–Trinajstić information content (AvgIpc) is 3.40. The molecule has 3 heterocycles. The number of hydrogen-bond donors (Lipinski definition) is 2. The standard InChI is InChI=1S/C31H33N5OS/c1-6-28(37)33-26-14-13-24(17-20(26)3)36-30(29(34-31(36)38)27-12-7-8-15-32-27)25-18-21(4)35(22(25)5)23-11-9-10-19(2)16-23/h7-18,29-30H,6H2,1-5H3,(H,33,37)(H,34,38)/t29-,30+/m0/s1. The van der Waals surface area contributed by atoms with Gasteiger partial charge in [0.25, 0.3) is 0 Å². The number of pyridine rings is 1. The molecule has 5 rings (SSSR count). The molecule has 2 aromatic carbocycles. The van der Waals surface area contributed by atoms with E-state index in [0.29, 0.717) is 11.5 Å². The van der Waals surface area contributed by atoms with Gasteiger partial charge in [-0.1, -0.05) is 25.1 Å². The highest BCUT2D eigenvalue weighted by Crippen LogP contribution is 2.44. The van der Waals surface area contributed by atoms with Crippen LogP contribution in [0.2, 0.25) is 0 Å². The summed E-state index contributed by atoms with van der Waals surface area (Å²) in [5.74, 6) is -0.00380. The summed E-state index contributed by atoms with van der Waals surface area (Å²) in [5.41, 5.74) is 9.59. The molecule has 0 unspecified atom stereocenters. The largest absolute Gasteiger partial charge is 0.351 e. The Morgan fingerprint density at radius 1 is 1.00 bits per heavy atom. The Bertz CT molecular complexity index is 1510. The summed E-state index contributed by atoms with van der Waals surface area (Å²) in [7, 11) is 0. The summed E-state index contributed by atoms with van der Waals surface area (Å²) < 4.78 is 2.31. The number of nitrogens with one attached hydrogen (secondary N) is 2. The second-order valence-electron chi connectivity index (χ2n) is 9.90. The molecule has 2 atom stereocenters. The first-order valence-corrected chi connectivity index (χ1v) is 13.4. The Kier molecular flexibility index (Phi) is 7.04. The van der Waals surface area contributed by atoms with Crippen LogP contribution in [0.3, 0.4) is 0 Å². The lowest BCUT2D eigenvalue weighted by Gasteiger charge is -2.29. The van der Waals surface area contributed by atoms with Crippen LogP contribution in [0.5, 0.6) is 0 Å². The third-order valence-corrected chi connectivity index (χ3v) is 7.54. The van der Waals surface area contributed by atoms with Gasteiger partial charge in [-0.15, -0.1) is 0 Å². The van der Waals surface area contributed by atoms with Crippen molar-refractivity contribution in [3.63, 3.8) is 0 Å². The minimum atomic E-state index is -0.130. The van der Waals surface area contributed by atoms with Gasteiger partial charge in [-0.05, 0) is 105 Å². The van der Waals surface area contributed by atoms with Crippen LogP contribution in [0.1, 0.15) is 59.2 Å². The predicted octanol–water partition coefficient (Wildman–Crippen LogP) is 6.63. The molecule has 2 N–H and O–H groups in total. The lowest BCUT2D eigenvalue weighted by atomic mass is 9.96. The molecule has 0 saturated carbocycles. The maximum Gasteiger partial charge on any atom is 0.224 e. The van der Waals surface area contributed by atoms with E-state index >= 15 is 0 Å². The quantitative estimate of drug-likeness (QED) is 0.278. The average molecular weight is 524 g/mol. The number of anilines is 2. The third kappa shape index (κ3) is 4.70. The lowest BCUT2D eigenvalue weighted by molar-refractivity contribution is -0.115. The molecule has 0 aliphatic carbocycles. The number of amides is 1. The van der Waals surface area contributed by atoms with Crippen molar-refractivity contribution in [1.82, 2.24) is 14.9 Å². The molecule has 0 bridgehead atoms. The van der Waals surface area contributed by atoms with Crippen molar-refractivity contribution < 1.29 is 4.79 Å². The van der Waals surface area contributed by atoms with E-state index in [4.69, 9.17) is 17.2 Å². The summed E-state index contributed by atoms with van der Waals surface area (Å²) in [6.07, 6.45) is 2.26. The van der Waals surface area contributed by atoms with Crippen molar-refractivity contribution in [1.29, 1.82) is 0 Å². The molecular formula is C31H33N5OS.